The van der Waals surface area contributed by atoms with E-state index in [0.29, 0.717) is 15.9 Å². The maximum absolute atomic E-state index is 13.3. The van der Waals surface area contributed by atoms with Crippen molar-refractivity contribution in [3.8, 4) is 0 Å². The second-order valence-corrected chi connectivity index (χ2v) is 5.21. The summed E-state index contributed by atoms with van der Waals surface area (Å²) in [6.45, 7) is 2.89. The van der Waals surface area contributed by atoms with E-state index in [2.05, 4.69) is 27.8 Å². The van der Waals surface area contributed by atoms with Crippen LogP contribution in [0, 0.1) is 5.82 Å². The molecule has 5 heteroatoms. The van der Waals surface area contributed by atoms with Gasteiger partial charge in [0.25, 0.3) is 0 Å². The van der Waals surface area contributed by atoms with Crippen LogP contribution in [0.25, 0.3) is 0 Å². The molecular weight excluding hydrogens is 311 g/mol. The first-order chi connectivity index (χ1) is 9.10. The number of hydrogen-bond acceptors (Lipinski definition) is 2. The highest BCUT2D eigenvalue weighted by Crippen LogP contribution is 2.16. The summed E-state index contributed by atoms with van der Waals surface area (Å²) in [5.41, 5.74) is 0.359. The standard InChI is InChI=1S/C14H14BrFN2O/c1-2-4-18-5-3-17-14(18)9-13(19)10-6-11(15)8-12(16)7-10/h3,5-8H,2,4,9H2,1H3. The lowest BCUT2D eigenvalue weighted by atomic mass is 10.1. The van der Waals surface area contributed by atoms with Crippen LogP contribution < -0.4 is 0 Å². The normalized spacial score (nSPS) is 10.7. The highest BCUT2D eigenvalue weighted by molar-refractivity contribution is 9.10. The third-order valence-electron chi connectivity index (χ3n) is 2.77. The molecule has 0 aliphatic heterocycles. The number of rotatable bonds is 5. The van der Waals surface area contributed by atoms with E-state index in [9.17, 15) is 9.18 Å². The molecule has 0 unspecified atom stereocenters. The van der Waals surface area contributed by atoms with Gasteiger partial charge < -0.3 is 4.57 Å². The second-order valence-electron chi connectivity index (χ2n) is 4.29. The van der Waals surface area contributed by atoms with Crippen molar-refractivity contribution >= 4 is 21.7 Å². The number of carbonyl (C=O) groups is 1. The summed E-state index contributed by atoms with van der Waals surface area (Å²) in [4.78, 5) is 16.3. The molecular formula is C14H14BrFN2O. The van der Waals surface area contributed by atoms with Crippen molar-refractivity contribution < 1.29 is 9.18 Å². The van der Waals surface area contributed by atoms with Gasteiger partial charge in [0, 0.05) is 29.0 Å². The van der Waals surface area contributed by atoms with Crippen molar-refractivity contribution in [2.45, 2.75) is 26.3 Å². The SMILES string of the molecule is CCCn1ccnc1CC(=O)c1cc(F)cc(Br)c1. The summed E-state index contributed by atoms with van der Waals surface area (Å²) >= 11 is 3.19. The van der Waals surface area contributed by atoms with Crippen LogP contribution in [0.3, 0.4) is 0 Å². The molecule has 0 saturated heterocycles. The fraction of sp³-hybridized carbons (Fsp3) is 0.286. The van der Waals surface area contributed by atoms with E-state index < -0.39 is 5.82 Å². The number of ketones is 1. The Morgan fingerprint density at radius 1 is 1.42 bits per heavy atom. The van der Waals surface area contributed by atoms with Gasteiger partial charge in [-0.25, -0.2) is 9.37 Å². The zero-order chi connectivity index (χ0) is 13.8. The number of aryl methyl sites for hydroxylation is 1. The monoisotopic (exact) mass is 324 g/mol. The molecule has 1 aromatic carbocycles. The van der Waals surface area contributed by atoms with Gasteiger partial charge in [-0.05, 0) is 24.6 Å². The molecule has 3 nitrogen and oxygen atoms in total. The minimum absolute atomic E-state index is 0.135. The molecule has 0 aliphatic rings. The Morgan fingerprint density at radius 3 is 2.89 bits per heavy atom. The maximum Gasteiger partial charge on any atom is 0.170 e. The molecule has 100 valence electrons. The number of imidazole rings is 1. The Balaban J connectivity index is 2.18. The van der Waals surface area contributed by atoms with E-state index in [1.165, 1.54) is 12.1 Å². The van der Waals surface area contributed by atoms with Gasteiger partial charge in [0.1, 0.15) is 11.6 Å². The van der Waals surface area contributed by atoms with Crippen molar-refractivity contribution in [3.05, 3.63) is 52.3 Å². The number of hydrogen-bond donors (Lipinski definition) is 0. The highest BCUT2D eigenvalue weighted by atomic mass is 79.9. The highest BCUT2D eigenvalue weighted by Gasteiger charge is 2.12. The Morgan fingerprint density at radius 2 is 2.21 bits per heavy atom. The lowest BCUT2D eigenvalue weighted by Gasteiger charge is -2.06. The third-order valence-corrected chi connectivity index (χ3v) is 3.23. The minimum Gasteiger partial charge on any atom is -0.335 e. The molecule has 2 aromatic rings. The Bertz CT molecular complexity index is 575. The van der Waals surface area contributed by atoms with Crippen LogP contribution >= 0.6 is 15.9 Å². The van der Waals surface area contributed by atoms with Crippen LogP contribution in [-0.4, -0.2) is 15.3 Å². The lowest BCUT2D eigenvalue weighted by Crippen LogP contribution is -2.10. The van der Waals surface area contributed by atoms with Crippen molar-refractivity contribution in [2.24, 2.45) is 0 Å². The Hall–Kier alpha value is -1.49. The minimum atomic E-state index is -0.422. The van der Waals surface area contributed by atoms with Gasteiger partial charge in [0.2, 0.25) is 0 Å². The van der Waals surface area contributed by atoms with Gasteiger partial charge >= 0.3 is 0 Å². The van der Waals surface area contributed by atoms with E-state index in [4.69, 9.17) is 0 Å². The predicted molar refractivity (Wildman–Crippen MR) is 74.7 cm³/mol. The van der Waals surface area contributed by atoms with Crippen molar-refractivity contribution in [3.63, 3.8) is 0 Å². The third kappa shape index (κ3) is 3.50. The molecule has 1 heterocycles. The van der Waals surface area contributed by atoms with E-state index >= 15 is 0 Å². The summed E-state index contributed by atoms with van der Waals surface area (Å²) < 4.78 is 15.8. The summed E-state index contributed by atoms with van der Waals surface area (Å²) in [6, 6.07) is 4.20. The van der Waals surface area contributed by atoms with Crippen molar-refractivity contribution in [1.29, 1.82) is 0 Å². The second kappa shape index (κ2) is 6.10. The first-order valence-corrected chi connectivity index (χ1v) is 6.88. The zero-order valence-electron chi connectivity index (χ0n) is 10.6. The molecule has 19 heavy (non-hydrogen) atoms. The van der Waals surface area contributed by atoms with Crippen LogP contribution in [0.2, 0.25) is 0 Å². The molecule has 0 fully saturated rings. The topological polar surface area (TPSA) is 34.9 Å². The van der Waals surface area contributed by atoms with Crippen molar-refractivity contribution in [2.75, 3.05) is 0 Å². The summed E-state index contributed by atoms with van der Waals surface area (Å²) in [5, 5.41) is 0. The summed E-state index contributed by atoms with van der Waals surface area (Å²) in [7, 11) is 0. The quantitative estimate of drug-likeness (QED) is 0.787. The van der Waals surface area contributed by atoms with Gasteiger partial charge in [-0.1, -0.05) is 22.9 Å². The van der Waals surface area contributed by atoms with E-state index in [1.807, 2.05) is 10.8 Å². The number of carbonyl (C=O) groups excluding carboxylic acids is 1. The predicted octanol–water partition coefficient (Wildman–Crippen LogP) is 3.62. The van der Waals surface area contributed by atoms with E-state index in [-0.39, 0.29) is 12.2 Å². The number of Topliss-reactive ketones (excluding diaryl/α,β-unsaturated/α-hetero) is 1. The van der Waals surface area contributed by atoms with Gasteiger partial charge in [-0.3, -0.25) is 4.79 Å². The molecule has 0 bridgehead atoms. The zero-order valence-corrected chi connectivity index (χ0v) is 12.2. The average molecular weight is 325 g/mol. The number of aromatic nitrogens is 2. The summed E-state index contributed by atoms with van der Waals surface area (Å²) in [6.07, 6.45) is 4.69. The average Bonchev–Trinajstić information content (AvgIpc) is 2.76. The van der Waals surface area contributed by atoms with Gasteiger partial charge in [-0.15, -0.1) is 0 Å². The molecule has 0 atom stereocenters. The smallest absolute Gasteiger partial charge is 0.170 e. The van der Waals surface area contributed by atoms with Crippen LogP contribution in [0.4, 0.5) is 4.39 Å². The number of nitrogens with zero attached hydrogens (tertiary/aromatic N) is 2. The largest absolute Gasteiger partial charge is 0.335 e. The van der Waals surface area contributed by atoms with Crippen LogP contribution in [-0.2, 0) is 13.0 Å². The van der Waals surface area contributed by atoms with Crippen LogP contribution in [0.5, 0.6) is 0 Å². The number of halogens is 2. The first-order valence-electron chi connectivity index (χ1n) is 6.09. The molecule has 1 aromatic heterocycles. The maximum atomic E-state index is 13.3. The molecule has 2 rings (SSSR count). The van der Waals surface area contributed by atoms with Crippen LogP contribution in [0.1, 0.15) is 29.5 Å². The Kier molecular flexibility index (Phi) is 4.47. The van der Waals surface area contributed by atoms with E-state index in [0.717, 1.165) is 13.0 Å². The van der Waals surface area contributed by atoms with Crippen LogP contribution in [0.15, 0.2) is 35.1 Å². The van der Waals surface area contributed by atoms with Crippen molar-refractivity contribution in [1.82, 2.24) is 9.55 Å². The molecule has 0 amide bonds. The number of benzene rings is 1. The first kappa shape index (κ1) is 13.9. The van der Waals surface area contributed by atoms with Gasteiger partial charge in [0.05, 0.1) is 6.42 Å². The molecule has 0 radical (unpaired) electrons. The molecule has 0 N–H and O–H groups in total. The summed E-state index contributed by atoms with van der Waals surface area (Å²) in [5.74, 6) is 0.158. The lowest BCUT2D eigenvalue weighted by molar-refractivity contribution is 0.0989. The fourth-order valence-corrected chi connectivity index (χ4v) is 2.38. The Labute approximate surface area is 119 Å². The van der Waals surface area contributed by atoms with Gasteiger partial charge in [-0.2, -0.15) is 0 Å². The van der Waals surface area contributed by atoms with Gasteiger partial charge in [0.15, 0.2) is 5.78 Å². The molecule has 0 saturated carbocycles. The molecule has 0 aliphatic carbocycles. The molecule has 0 spiro atoms. The fourth-order valence-electron chi connectivity index (χ4n) is 1.91. The van der Waals surface area contributed by atoms with E-state index in [1.54, 1.807) is 12.3 Å².